The minimum atomic E-state index is 0.413. The van der Waals surface area contributed by atoms with Crippen molar-refractivity contribution in [3.05, 3.63) is 34.4 Å². The molecule has 3 heteroatoms. The van der Waals surface area contributed by atoms with Crippen molar-refractivity contribution >= 4 is 0 Å². The monoisotopic (exact) mass is 289 g/mol. The fourth-order valence-corrected chi connectivity index (χ4v) is 3.75. The van der Waals surface area contributed by atoms with Crippen molar-refractivity contribution in [2.24, 2.45) is 0 Å². The number of benzene rings is 1. The molecule has 1 N–H and O–H groups in total. The standard InChI is InChI=1S/C18H31N3/c1-13-9-14(2)18(15(3)10-13)17(19-5)12-21-8-7-20(6)11-16(21)4/h9-10,16-17,19H,7-8,11-12H2,1-6H3. The minimum Gasteiger partial charge on any atom is -0.312 e. The third-order valence-corrected chi connectivity index (χ3v) is 4.82. The van der Waals surface area contributed by atoms with Gasteiger partial charge in [0.1, 0.15) is 0 Å². The van der Waals surface area contributed by atoms with Gasteiger partial charge in [-0.1, -0.05) is 17.7 Å². The van der Waals surface area contributed by atoms with E-state index >= 15 is 0 Å². The molecule has 0 radical (unpaired) electrons. The van der Waals surface area contributed by atoms with Crippen molar-refractivity contribution in [3.8, 4) is 0 Å². The first kappa shape index (κ1) is 16.5. The Hall–Kier alpha value is -0.900. The number of aryl methyl sites for hydroxylation is 3. The molecular weight excluding hydrogens is 258 g/mol. The first-order valence-corrected chi connectivity index (χ1v) is 8.10. The highest BCUT2D eigenvalue weighted by atomic mass is 15.3. The Morgan fingerprint density at radius 1 is 1.19 bits per heavy atom. The van der Waals surface area contributed by atoms with E-state index < -0.39 is 0 Å². The predicted molar refractivity (Wildman–Crippen MR) is 91.0 cm³/mol. The van der Waals surface area contributed by atoms with E-state index in [2.05, 4.69) is 69.0 Å². The zero-order chi connectivity index (χ0) is 15.6. The van der Waals surface area contributed by atoms with Gasteiger partial charge in [-0.2, -0.15) is 0 Å². The molecule has 0 spiro atoms. The van der Waals surface area contributed by atoms with Gasteiger partial charge in [-0.25, -0.2) is 0 Å². The van der Waals surface area contributed by atoms with Crippen LogP contribution in [-0.4, -0.2) is 56.1 Å². The molecule has 1 aliphatic rings. The van der Waals surface area contributed by atoms with E-state index in [1.54, 1.807) is 0 Å². The van der Waals surface area contributed by atoms with E-state index in [1.165, 1.54) is 41.9 Å². The third-order valence-electron chi connectivity index (χ3n) is 4.82. The maximum atomic E-state index is 3.54. The normalized spacial score (nSPS) is 22.5. The lowest BCUT2D eigenvalue weighted by Crippen LogP contribution is -2.52. The summed E-state index contributed by atoms with van der Waals surface area (Å²) >= 11 is 0. The Bertz CT molecular complexity index is 460. The van der Waals surface area contributed by atoms with E-state index in [9.17, 15) is 0 Å². The van der Waals surface area contributed by atoms with Crippen molar-refractivity contribution in [1.82, 2.24) is 15.1 Å². The second-order valence-corrected chi connectivity index (χ2v) is 6.76. The zero-order valence-corrected chi connectivity index (χ0v) is 14.5. The number of rotatable bonds is 4. The maximum Gasteiger partial charge on any atom is 0.0452 e. The highest BCUT2D eigenvalue weighted by Crippen LogP contribution is 2.25. The number of piperazine rings is 1. The summed E-state index contributed by atoms with van der Waals surface area (Å²) in [5.41, 5.74) is 5.66. The van der Waals surface area contributed by atoms with Crippen LogP contribution < -0.4 is 5.32 Å². The van der Waals surface area contributed by atoms with Gasteiger partial charge in [-0.3, -0.25) is 4.90 Å². The SMILES string of the molecule is CNC(CN1CCN(C)CC1C)c1c(C)cc(C)cc1C. The quantitative estimate of drug-likeness (QED) is 0.919. The summed E-state index contributed by atoms with van der Waals surface area (Å²) in [5.74, 6) is 0. The van der Waals surface area contributed by atoms with Crippen LogP contribution in [-0.2, 0) is 0 Å². The van der Waals surface area contributed by atoms with Crippen molar-refractivity contribution in [3.63, 3.8) is 0 Å². The molecule has 2 atom stereocenters. The molecular formula is C18H31N3. The average molecular weight is 289 g/mol. The van der Waals surface area contributed by atoms with E-state index in [0.717, 1.165) is 6.54 Å². The van der Waals surface area contributed by atoms with Gasteiger partial charge in [-0.05, 0) is 58.5 Å². The van der Waals surface area contributed by atoms with Gasteiger partial charge in [0.15, 0.2) is 0 Å². The topological polar surface area (TPSA) is 18.5 Å². The molecule has 0 bridgehead atoms. The molecule has 2 rings (SSSR count). The highest BCUT2D eigenvalue weighted by Gasteiger charge is 2.25. The summed E-state index contributed by atoms with van der Waals surface area (Å²) in [4.78, 5) is 5.05. The van der Waals surface area contributed by atoms with E-state index in [4.69, 9.17) is 0 Å². The van der Waals surface area contributed by atoms with Crippen LogP contribution in [0.3, 0.4) is 0 Å². The van der Waals surface area contributed by atoms with Crippen molar-refractivity contribution in [1.29, 1.82) is 0 Å². The van der Waals surface area contributed by atoms with Gasteiger partial charge in [0, 0.05) is 38.3 Å². The summed E-state index contributed by atoms with van der Waals surface area (Å²) in [6.07, 6.45) is 0. The molecule has 0 amide bonds. The largest absolute Gasteiger partial charge is 0.312 e. The number of likely N-dealkylation sites (N-methyl/N-ethyl adjacent to an activating group) is 2. The molecule has 0 saturated carbocycles. The smallest absolute Gasteiger partial charge is 0.0452 e. The van der Waals surface area contributed by atoms with Crippen LogP contribution in [0.2, 0.25) is 0 Å². The third kappa shape index (κ3) is 3.85. The lowest BCUT2D eigenvalue weighted by atomic mass is 9.93. The number of nitrogens with zero attached hydrogens (tertiary/aromatic N) is 2. The highest BCUT2D eigenvalue weighted by molar-refractivity contribution is 5.39. The predicted octanol–water partition coefficient (Wildman–Crippen LogP) is 2.51. The lowest BCUT2D eigenvalue weighted by molar-refractivity contribution is 0.0911. The first-order valence-electron chi connectivity index (χ1n) is 8.10. The van der Waals surface area contributed by atoms with Gasteiger partial charge in [0.25, 0.3) is 0 Å². The molecule has 1 saturated heterocycles. The summed E-state index contributed by atoms with van der Waals surface area (Å²) in [6, 6.07) is 5.65. The van der Waals surface area contributed by atoms with Crippen molar-refractivity contribution in [2.75, 3.05) is 40.3 Å². The number of hydrogen-bond acceptors (Lipinski definition) is 3. The van der Waals surface area contributed by atoms with Crippen molar-refractivity contribution in [2.45, 2.75) is 39.8 Å². The van der Waals surface area contributed by atoms with Crippen LogP contribution in [0.1, 0.15) is 35.2 Å². The fourth-order valence-electron chi connectivity index (χ4n) is 3.75. The molecule has 1 aliphatic heterocycles. The van der Waals surface area contributed by atoms with Gasteiger partial charge in [0.2, 0.25) is 0 Å². The number of nitrogens with one attached hydrogen (secondary N) is 1. The Kier molecular flexibility index (Phi) is 5.42. The zero-order valence-electron chi connectivity index (χ0n) is 14.5. The van der Waals surface area contributed by atoms with Gasteiger partial charge >= 0.3 is 0 Å². The summed E-state index contributed by atoms with van der Waals surface area (Å²) < 4.78 is 0. The van der Waals surface area contributed by atoms with Crippen molar-refractivity contribution < 1.29 is 0 Å². The summed E-state index contributed by atoms with van der Waals surface area (Å²) in [6.45, 7) is 13.6. The first-order chi connectivity index (χ1) is 9.92. The van der Waals surface area contributed by atoms with Gasteiger partial charge in [-0.15, -0.1) is 0 Å². The Morgan fingerprint density at radius 2 is 1.81 bits per heavy atom. The second-order valence-electron chi connectivity index (χ2n) is 6.76. The summed E-state index contributed by atoms with van der Waals surface area (Å²) in [5, 5.41) is 3.54. The average Bonchev–Trinajstić information content (AvgIpc) is 2.39. The van der Waals surface area contributed by atoms with Gasteiger partial charge in [0.05, 0.1) is 0 Å². The molecule has 2 unspecified atom stereocenters. The molecule has 1 heterocycles. The van der Waals surface area contributed by atoms with Crippen LogP contribution >= 0.6 is 0 Å². The molecule has 0 aromatic heterocycles. The van der Waals surface area contributed by atoms with Crippen LogP contribution in [0.25, 0.3) is 0 Å². The summed E-state index contributed by atoms with van der Waals surface area (Å²) in [7, 11) is 4.31. The Balaban J connectivity index is 2.17. The maximum absolute atomic E-state index is 3.54. The van der Waals surface area contributed by atoms with E-state index in [-0.39, 0.29) is 0 Å². The molecule has 3 nitrogen and oxygen atoms in total. The van der Waals surface area contributed by atoms with Crippen LogP contribution in [0.4, 0.5) is 0 Å². The molecule has 118 valence electrons. The molecule has 21 heavy (non-hydrogen) atoms. The Morgan fingerprint density at radius 3 is 2.33 bits per heavy atom. The second kappa shape index (κ2) is 6.91. The lowest BCUT2D eigenvalue weighted by Gasteiger charge is -2.40. The molecule has 1 aromatic carbocycles. The molecule has 0 aliphatic carbocycles. The van der Waals surface area contributed by atoms with Crippen LogP contribution in [0, 0.1) is 20.8 Å². The minimum absolute atomic E-state index is 0.413. The fraction of sp³-hybridized carbons (Fsp3) is 0.667. The van der Waals surface area contributed by atoms with Gasteiger partial charge < -0.3 is 10.2 Å². The molecule has 1 aromatic rings. The number of hydrogen-bond donors (Lipinski definition) is 1. The van der Waals surface area contributed by atoms with Crippen LogP contribution in [0.5, 0.6) is 0 Å². The molecule has 1 fully saturated rings. The van der Waals surface area contributed by atoms with E-state index in [1.807, 2.05) is 0 Å². The Labute approximate surface area is 130 Å². The van der Waals surface area contributed by atoms with E-state index in [0.29, 0.717) is 12.1 Å². The van der Waals surface area contributed by atoms with Crippen LogP contribution in [0.15, 0.2) is 12.1 Å².